The summed E-state index contributed by atoms with van der Waals surface area (Å²) in [6.07, 6.45) is 6.64. The van der Waals surface area contributed by atoms with E-state index in [1.807, 2.05) is 48.1 Å². The third-order valence-corrected chi connectivity index (χ3v) is 8.38. The Hall–Kier alpha value is -3.64. The van der Waals surface area contributed by atoms with Gasteiger partial charge in [0.2, 0.25) is 0 Å². The van der Waals surface area contributed by atoms with Crippen molar-refractivity contribution in [1.82, 2.24) is 19.4 Å². The lowest BCUT2D eigenvalue weighted by atomic mass is 9.89. The van der Waals surface area contributed by atoms with Crippen LogP contribution in [0.25, 0.3) is 33.0 Å². The van der Waals surface area contributed by atoms with Gasteiger partial charge in [0, 0.05) is 65.0 Å². The molecule has 182 valence electrons. The monoisotopic (exact) mass is 478 g/mol. The number of hydrogen-bond acceptors (Lipinski definition) is 3. The Bertz CT molecular complexity index is 1580. The summed E-state index contributed by atoms with van der Waals surface area (Å²) in [5.74, 6) is -0.0380. The van der Waals surface area contributed by atoms with E-state index in [0.717, 1.165) is 58.9 Å². The lowest BCUT2D eigenvalue weighted by molar-refractivity contribution is -0.122. The number of carbonyl (C=O) groups is 2. The van der Waals surface area contributed by atoms with Crippen LogP contribution in [0.15, 0.2) is 54.7 Å². The molecule has 36 heavy (non-hydrogen) atoms. The predicted molar refractivity (Wildman–Crippen MR) is 142 cm³/mol. The van der Waals surface area contributed by atoms with Crippen LogP contribution in [0.2, 0.25) is 0 Å². The van der Waals surface area contributed by atoms with E-state index >= 15 is 0 Å². The minimum atomic E-state index is -0.306. The van der Waals surface area contributed by atoms with Crippen molar-refractivity contribution >= 4 is 44.8 Å². The number of fused-ring (bicyclic) bond motifs is 4. The highest BCUT2D eigenvalue weighted by molar-refractivity contribution is 6.51. The molecular formula is C30H30N4O2. The van der Waals surface area contributed by atoms with Gasteiger partial charge in [0.05, 0.1) is 11.1 Å². The minimum Gasteiger partial charge on any atom is -0.350 e. The minimum absolute atomic E-state index is 0.288. The maximum atomic E-state index is 13.5. The van der Waals surface area contributed by atoms with Crippen LogP contribution in [0, 0.1) is 5.92 Å². The van der Waals surface area contributed by atoms with Crippen molar-refractivity contribution in [3.8, 4) is 0 Å². The van der Waals surface area contributed by atoms with E-state index < -0.39 is 0 Å². The third-order valence-electron chi connectivity index (χ3n) is 8.38. The first kappa shape index (κ1) is 21.6. The van der Waals surface area contributed by atoms with Gasteiger partial charge in [0.15, 0.2) is 0 Å². The van der Waals surface area contributed by atoms with Gasteiger partial charge in [0.25, 0.3) is 11.8 Å². The Morgan fingerprint density at radius 3 is 2.36 bits per heavy atom. The van der Waals surface area contributed by atoms with Crippen molar-refractivity contribution in [3.63, 3.8) is 0 Å². The summed E-state index contributed by atoms with van der Waals surface area (Å²) in [7, 11) is 1.99. The van der Waals surface area contributed by atoms with Crippen LogP contribution in [-0.4, -0.2) is 45.5 Å². The molecule has 3 aliphatic heterocycles. The molecule has 1 fully saturated rings. The molecule has 4 aromatic rings. The molecule has 6 heteroatoms. The Balaban J connectivity index is 1.45. The van der Waals surface area contributed by atoms with Gasteiger partial charge in [-0.2, -0.15) is 0 Å². The zero-order valence-corrected chi connectivity index (χ0v) is 20.6. The van der Waals surface area contributed by atoms with Gasteiger partial charge in [-0.1, -0.05) is 36.4 Å². The van der Waals surface area contributed by atoms with Gasteiger partial charge in [-0.15, -0.1) is 0 Å². The summed E-state index contributed by atoms with van der Waals surface area (Å²) < 4.78 is 4.43. The van der Waals surface area contributed by atoms with E-state index in [1.165, 1.54) is 31.6 Å². The van der Waals surface area contributed by atoms with Gasteiger partial charge in [-0.05, 0) is 56.8 Å². The summed E-state index contributed by atoms with van der Waals surface area (Å²) in [5, 5.41) is 4.69. The Morgan fingerprint density at radius 2 is 1.56 bits per heavy atom. The van der Waals surface area contributed by atoms with E-state index in [-0.39, 0.29) is 11.8 Å². The number of nitrogens with zero attached hydrogens (tertiary/aromatic N) is 3. The molecule has 2 amide bonds. The topological polar surface area (TPSA) is 59.3 Å². The lowest BCUT2D eigenvalue weighted by Gasteiger charge is -2.29. The van der Waals surface area contributed by atoms with E-state index in [2.05, 4.69) is 33.0 Å². The molecule has 6 nitrogen and oxygen atoms in total. The van der Waals surface area contributed by atoms with Crippen molar-refractivity contribution in [3.05, 3.63) is 71.5 Å². The Labute approximate surface area is 210 Å². The summed E-state index contributed by atoms with van der Waals surface area (Å²) in [6.45, 7) is 4.45. The summed E-state index contributed by atoms with van der Waals surface area (Å²) in [4.78, 5) is 29.4. The normalized spacial score (nSPS) is 20.6. The summed E-state index contributed by atoms with van der Waals surface area (Å²) in [5.41, 5.74) is 6.19. The fraction of sp³-hybridized carbons (Fsp3) is 0.333. The van der Waals surface area contributed by atoms with E-state index in [1.54, 1.807) is 0 Å². The molecule has 0 spiro atoms. The summed E-state index contributed by atoms with van der Waals surface area (Å²) in [6, 6.07) is 16.4. The summed E-state index contributed by atoms with van der Waals surface area (Å²) >= 11 is 0. The molecule has 2 aromatic heterocycles. The van der Waals surface area contributed by atoms with Gasteiger partial charge < -0.3 is 14.0 Å². The second kappa shape index (κ2) is 8.20. The maximum absolute atomic E-state index is 13.5. The van der Waals surface area contributed by atoms with Crippen LogP contribution in [0.4, 0.5) is 0 Å². The number of aromatic nitrogens is 2. The Kier molecular flexibility index (Phi) is 4.93. The van der Waals surface area contributed by atoms with Crippen LogP contribution in [0.5, 0.6) is 0 Å². The van der Waals surface area contributed by atoms with Crippen LogP contribution < -0.4 is 5.32 Å². The van der Waals surface area contributed by atoms with Gasteiger partial charge >= 0.3 is 0 Å². The highest BCUT2D eigenvalue weighted by atomic mass is 16.2. The van der Waals surface area contributed by atoms with E-state index in [0.29, 0.717) is 17.1 Å². The predicted octanol–water partition coefficient (Wildman–Crippen LogP) is 4.36. The number of aryl methyl sites for hydroxylation is 2. The first-order chi connectivity index (χ1) is 17.6. The number of carbonyl (C=O) groups excluding carboxylic acids is 2. The fourth-order valence-corrected chi connectivity index (χ4v) is 6.77. The van der Waals surface area contributed by atoms with Crippen LogP contribution >= 0.6 is 0 Å². The quantitative estimate of drug-likeness (QED) is 0.444. The van der Waals surface area contributed by atoms with Crippen molar-refractivity contribution in [2.75, 3.05) is 19.6 Å². The van der Waals surface area contributed by atoms with Crippen LogP contribution in [0.3, 0.4) is 0 Å². The number of imide groups is 1. The number of likely N-dealkylation sites (tertiary alicyclic amines) is 1. The molecule has 0 aliphatic carbocycles. The van der Waals surface area contributed by atoms with Crippen molar-refractivity contribution in [2.45, 2.75) is 32.2 Å². The highest BCUT2D eigenvalue weighted by Crippen LogP contribution is 2.43. The average molecular weight is 479 g/mol. The molecule has 7 rings (SSSR count). The average Bonchev–Trinajstić information content (AvgIpc) is 3.64. The largest absolute Gasteiger partial charge is 0.350 e. The zero-order valence-electron chi connectivity index (χ0n) is 20.6. The smallest absolute Gasteiger partial charge is 0.259 e. The lowest BCUT2D eigenvalue weighted by Crippen LogP contribution is -2.31. The molecule has 1 N–H and O–H groups in total. The third kappa shape index (κ3) is 3.21. The van der Waals surface area contributed by atoms with Crippen molar-refractivity contribution in [2.24, 2.45) is 13.0 Å². The number of nitrogens with one attached hydrogen (secondary N) is 1. The molecule has 0 radical (unpaired) electrons. The fourth-order valence-electron chi connectivity index (χ4n) is 6.77. The molecular weight excluding hydrogens is 448 g/mol. The first-order valence-electron chi connectivity index (χ1n) is 13.1. The molecule has 1 atom stereocenters. The van der Waals surface area contributed by atoms with Gasteiger partial charge in [-0.3, -0.25) is 14.9 Å². The van der Waals surface area contributed by atoms with Crippen molar-refractivity contribution in [1.29, 1.82) is 0 Å². The number of rotatable bonds is 4. The van der Waals surface area contributed by atoms with Gasteiger partial charge in [-0.25, -0.2) is 0 Å². The molecule has 5 heterocycles. The number of hydrogen-bond donors (Lipinski definition) is 1. The SMILES string of the molecule is Cn1cc(C2=C(c3c4n(c5ccccc35)CCC(CN3CCCC3)C4)C(=O)NC2=O)c2ccccc21. The standard InChI is InChI=1S/C30H30N4O2/c1-32-18-22(20-8-2-4-10-23(20)32)27-28(30(36)31-29(27)35)26-21-9-3-5-11-24(21)34-15-12-19(16-25(26)34)17-33-13-6-7-14-33/h2-5,8-11,18-19H,6-7,12-17H2,1H3,(H,31,35,36). The highest BCUT2D eigenvalue weighted by Gasteiger charge is 2.38. The molecule has 0 saturated carbocycles. The number of amides is 2. The second-order valence-electron chi connectivity index (χ2n) is 10.6. The molecule has 0 bridgehead atoms. The van der Waals surface area contributed by atoms with Crippen LogP contribution in [-0.2, 0) is 29.6 Å². The number of para-hydroxylation sites is 2. The zero-order chi connectivity index (χ0) is 24.4. The molecule has 1 saturated heterocycles. The number of benzene rings is 2. The van der Waals surface area contributed by atoms with E-state index in [9.17, 15) is 9.59 Å². The Morgan fingerprint density at radius 1 is 0.861 bits per heavy atom. The second-order valence-corrected chi connectivity index (χ2v) is 10.6. The maximum Gasteiger partial charge on any atom is 0.259 e. The van der Waals surface area contributed by atoms with Gasteiger partial charge in [0.1, 0.15) is 0 Å². The molecule has 2 aromatic carbocycles. The van der Waals surface area contributed by atoms with E-state index in [4.69, 9.17) is 0 Å². The molecule has 1 unspecified atom stereocenters. The molecule has 3 aliphatic rings. The van der Waals surface area contributed by atoms with Crippen molar-refractivity contribution < 1.29 is 9.59 Å². The van der Waals surface area contributed by atoms with Crippen LogP contribution in [0.1, 0.15) is 36.1 Å². The first-order valence-corrected chi connectivity index (χ1v) is 13.1.